The molecule has 1 saturated carbocycles. The Kier molecular flexibility index (Phi) is 4.38. The standard InChI is InChI=1S/C13H21N3O4S/c1-9-6-4-5-7-10(9)14-21(19,20)11-8-15(2)13(18)16(3)12(11)17/h8-10,14H,4-7H2,1-3H3/t9-,10-/m1/s1. The normalized spacial score (nSPS) is 23.2. The Morgan fingerprint density at radius 3 is 2.43 bits per heavy atom. The summed E-state index contributed by atoms with van der Waals surface area (Å²) in [6.45, 7) is 2.01. The molecule has 118 valence electrons. The van der Waals surface area contributed by atoms with Crippen molar-refractivity contribution in [2.75, 3.05) is 0 Å². The fraction of sp³-hybridized carbons (Fsp3) is 0.692. The van der Waals surface area contributed by atoms with Crippen molar-refractivity contribution in [2.24, 2.45) is 20.0 Å². The molecule has 0 saturated heterocycles. The van der Waals surface area contributed by atoms with Crippen LogP contribution in [0.3, 0.4) is 0 Å². The molecule has 1 aromatic heterocycles. The van der Waals surface area contributed by atoms with Gasteiger partial charge in [0.2, 0.25) is 10.0 Å². The summed E-state index contributed by atoms with van der Waals surface area (Å²) in [5.74, 6) is 0.241. The summed E-state index contributed by atoms with van der Waals surface area (Å²) >= 11 is 0. The van der Waals surface area contributed by atoms with Crippen LogP contribution in [0.5, 0.6) is 0 Å². The molecule has 1 heterocycles. The lowest BCUT2D eigenvalue weighted by Gasteiger charge is -2.29. The van der Waals surface area contributed by atoms with Gasteiger partial charge in [-0.2, -0.15) is 0 Å². The number of hydrogen-bond donors (Lipinski definition) is 1. The number of sulfonamides is 1. The van der Waals surface area contributed by atoms with Crippen molar-refractivity contribution >= 4 is 10.0 Å². The third-order valence-corrected chi connectivity index (χ3v) is 5.59. The van der Waals surface area contributed by atoms with E-state index < -0.39 is 21.3 Å². The zero-order chi connectivity index (χ0) is 15.8. The van der Waals surface area contributed by atoms with E-state index in [4.69, 9.17) is 0 Å². The molecule has 0 spiro atoms. The second-order valence-corrected chi connectivity index (χ2v) is 7.42. The van der Waals surface area contributed by atoms with Crippen molar-refractivity contribution in [1.29, 1.82) is 0 Å². The highest BCUT2D eigenvalue weighted by Gasteiger charge is 2.29. The molecule has 0 amide bonds. The number of hydrogen-bond acceptors (Lipinski definition) is 4. The molecular formula is C13H21N3O4S. The molecule has 1 aliphatic rings. The van der Waals surface area contributed by atoms with Crippen LogP contribution in [0.25, 0.3) is 0 Å². The minimum atomic E-state index is -3.93. The van der Waals surface area contributed by atoms with E-state index in [1.54, 1.807) is 0 Å². The molecule has 1 N–H and O–H groups in total. The summed E-state index contributed by atoms with van der Waals surface area (Å²) in [5, 5.41) is 0. The molecule has 8 heteroatoms. The van der Waals surface area contributed by atoms with Crippen molar-refractivity contribution < 1.29 is 8.42 Å². The highest BCUT2D eigenvalue weighted by atomic mass is 32.2. The zero-order valence-electron chi connectivity index (χ0n) is 12.5. The first-order chi connectivity index (χ1) is 9.74. The topological polar surface area (TPSA) is 90.2 Å². The number of rotatable bonds is 3. The monoisotopic (exact) mass is 315 g/mol. The second-order valence-electron chi connectivity index (χ2n) is 5.74. The molecule has 7 nitrogen and oxygen atoms in total. The molecule has 0 bridgehead atoms. The van der Waals surface area contributed by atoms with Gasteiger partial charge >= 0.3 is 5.69 Å². The van der Waals surface area contributed by atoms with Gasteiger partial charge in [0.15, 0.2) is 4.90 Å². The lowest BCUT2D eigenvalue weighted by molar-refractivity contribution is 0.310. The lowest BCUT2D eigenvalue weighted by atomic mass is 9.87. The van der Waals surface area contributed by atoms with E-state index in [1.165, 1.54) is 14.1 Å². The Morgan fingerprint density at radius 2 is 1.81 bits per heavy atom. The van der Waals surface area contributed by atoms with Gasteiger partial charge in [-0.1, -0.05) is 19.8 Å². The van der Waals surface area contributed by atoms with Crippen LogP contribution in [-0.4, -0.2) is 23.6 Å². The number of aromatic nitrogens is 2. The van der Waals surface area contributed by atoms with Crippen molar-refractivity contribution in [3.8, 4) is 0 Å². The molecule has 21 heavy (non-hydrogen) atoms. The number of nitrogens with zero attached hydrogens (tertiary/aromatic N) is 2. The predicted octanol–water partition coefficient (Wildman–Crippen LogP) is -0.0590. The van der Waals surface area contributed by atoms with Crippen LogP contribution in [0.2, 0.25) is 0 Å². The molecule has 0 aliphatic heterocycles. The largest absolute Gasteiger partial charge is 0.330 e. The minimum absolute atomic E-state index is 0.161. The van der Waals surface area contributed by atoms with Gasteiger partial charge in [-0.25, -0.2) is 17.9 Å². The molecule has 0 radical (unpaired) electrons. The number of aryl methyl sites for hydroxylation is 1. The first kappa shape index (κ1) is 16.0. The van der Waals surface area contributed by atoms with Crippen LogP contribution in [0.1, 0.15) is 32.6 Å². The summed E-state index contributed by atoms with van der Waals surface area (Å²) < 4.78 is 29.4. The minimum Gasteiger partial charge on any atom is -0.302 e. The maximum absolute atomic E-state index is 12.4. The average molecular weight is 315 g/mol. The Hall–Kier alpha value is -1.41. The Labute approximate surface area is 123 Å². The van der Waals surface area contributed by atoms with E-state index in [-0.39, 0.29) is 16.9 Å². The fourth-order valence-corrected chi connectivity index (χ4v) is 4.25. The van der Waals surface area contributed by atoms with Crippen LogP contribution in [0.15, 0.2) is 20.7 Å². The molecule has 1 aromatic rings. The Morgan fingerprint density at radius 1 is 1.19 bits per heavy atom. The van der Waals surface area contributed by atoms with Gasteiger partial charge in [0.25, 0.3) is 5.56 Å². The maximum atomic E-state index is 12.4. The van der Waals surface area contributed by atoms with E-state index in [0.717, 1.165) is 41.0 Å². The summed E-state index contributed by atoms with van der Waals surface area (Å²) in [7, 11) is -1.24. The highest BCUT2D eigenvalue weighted by Crippen LogP contribution is 2.24. The first-order valence-corrected chi connectivity index (χ1v) is 8.51. The zero-order valence-corrected chi connectivity index (χ0v) is 13.3. The summed E-state index contributed by atoms with van der Waals surface area (Å²) in [5.41, 5.74) is -1.35. The van der Waals surface area contributed by atoms with E-state index >= 15 is 0 Å². The van der Waals surface area contributed by atoms with Crippen LogP contribution < -0.4 is 16.0 Å². The molecule has 2 rings (SSSR count). The van der Waals surface area contributed by atoms with Crippen molar-refractivity contribution in [1.82, 2.24) is 13.9 Å². The van der Waals surface area contributed by atoms with Crippen molar-refractivity contribution in [3.05, 3.63) is 27.0 Å². The summed E-state index contributed by atoms with van der Waals surface area (Å²) in [6, 6.07) is -0.161. The van der Waals surface area contributed by atoms with Gasteiger partial charge < -0.3 is 4.57 Å². The highest BCUT2D eigenvalue weighted by molar-refractivity contribution is 7.89. The molecular weight excluding hydrogens is 294 g/mol. The molecule has 0 unspecified atom stereocenters. The van der Waals surface area contributed by atoms with Gasteiger partial charge in [0.05, 0.1) is 0 Å². The predicted molar refractivity (Wildman–Crippen MR) is 78.7 cm³/mol. The third kappa shape index (κ3) is 3.11. The molecule has 1 aliphatic carbocycles. The SMILES string of the molecule is C[C@@H]1CCCC[C@H]1NS(=O)(=O)c1cn(C)c(=O)n(C)c1=O. The van der Waals surface area contributed by atoms with Crippen LogP contribution >= 0.6 is 0 Å². The Balaban J connectivity index is 2.41. The van der Waals surface area contributed by atoms with Crippen molar-refractivity contribution in [3.63, 3.8) is 0 Å². The molecule has 1 fully saturated rings. The van der Waals surface area contributed by atoms with Gasteiger partial charge in [0.1, 0.15) is 0 Å². The lowest BCUT2D eigenvalue weighted by Crippen LogP contribution is -2.45. The van der Waals surface area contributed by atoms with E-state index in [9.17, 15) is 18.0 Å². The van der Waals surface area contributed by atoms with Gasteiger partial charge in [-0.05, 0) is 18.8 Å². The van der Waals surface area contributed by atoms with Crippen molar-refractivity contribution in [2.45, 2.75) is 43.5 Å². The Bertz CT molecular complexity index is 748. The van der Waals surface area contributed by atoms with Gasteiger partial charge in [-0.3, -0.25) is 9.36 Å². The van der Waals surface area contributed by atoms with E-state index in [0.29, 0.717) is 0 Å². The van der Waals surface area contributed by atoms with Crippen LogP contribution in [0, 0.1) is 5.92 Å². The van der Waals surface area contributed by atoms with Gasteiger partial charge in [-0.15, -0.1) is 0 Å². The average Bonchev–Trinajstić information content (AvgIpc) is 2.42. The molecule has 0 aromatic carbocycles. The fourth-order valence-electron chi connectivity index (χ4n) is 2.71. The van der Waals surface area contributed by atoms with Gasteiger partial charge in [0, 0.05) is 26.3 Å². The second kappa shape index (κ2) is 5.76. The van der Waals surface area contributed by atoms with E-state index in [1.807, 2.05) is 6.92 Å². The molecule has 2 atom stereocenters. The smallest absolute Gasteiger partial charge is 0.302 e. The first-order valence-electron chi connectivity index (χ1n) is 7.03. The van der Waals surface area contributed by atoms with E-state index in [2.05, 4.69) is 4.72 Å². The van der Waals surface area contributed by atoms with Crippen LogP contribution in [-0.2, 0) is 24.1 Å². The summed E-state index contributed by atoms with van der Waals surface area (Å²) in [4.78, 5) is 23.3. The number of nitrogens with one attached hydrogen (secondary N) is 1. The maximum Gasteiger partial charge on any atom is 0.330 e. The quantitative estimate of drug-likeness (QED) is 0.846. The van der Waals surface area contributed by atoms with Crippen LogP contribution in [0.4, 0.5) is 0 Å². The summed E-state index contributed by atoms with van der Waals surface area (Å²) in [6.07, 6.45) is 4.90. The third-order valence-electron chi connectivity index (χ3n) is 4.12.